The molecule has 5 nitrogen and oxygen atoms in total. The molecule has 0 aliphatic heterocycles. The van der Waals surface area contributed by atoms with Crippen molar-refractivity contribution in [2.75, 3.05) is 0 Å². The lowest BCUT2D eigenvalue weighted by molar-refractivity contribution is -0.684. The van der Waals surface area contributed by atoms with Gasteiger partial charge < -0.3 is 5.32 Å². The molecule has 20 heavy (non-hydrogen) atoms. The van der Waals surface area contributed by atoms with E-state index >= 15 is 0 Å². The molecule has 1 aromatic heterocycles. The first-order chi connectivity index (χ1) is 9.30. The van der Waals surface area contributed by atoms with E-state index in [9.17, 15) is 9.59 Å². The summed E-state index contributed by atoms with van der Waals surface area (Å²) in [4.78, 5) is 23.3. The van der Waals surface area contributed by atoms with Crippen molar-refractivity contribution in [3.05, 3.63) is 30.1 Å². The van der Waals surface area contributed by atoms with Crippen LogP contribution >= 0.6 is 0 Å². The predicted octanol–water partition coefficient (Wildman–Crippen LogP) is 1.55. The van der Waals surface area contributed by atoms with E-state index in [-0.39, 0.29) is 18.0 Å². The summed E-state index contributed by atoms with van der Waals surface area (Å²) in [6.45, 7) is 7.83. The van der Waals surface area contributed by atoms with Gasteiger partial charge in [-0.05, 0) is 32.8 Å². The van der Waals surface area contributed by atoms with Crippen LogP contribution in [0, 0.1) is 0 Å². The van der Waals surface area contributed by atoms with Crippen molar-refractivity contribution < 1.29 is 14.2 Å². The number of rotatable bonds is 4. The van der Waals surface area contributed by atoms with Crippen LogP contribution in [0.2, 0.25) is 0 Å². The molecular weight excluding hydrogens is 254 g/mol. The summed E-state index contributed by atoms with van der Waals surface area (Å²) in [5.74, 6) is -0.333. The van der Waals surface area contributed by atoms with Crippen molar-refractivity contribution in [3.63, 3.8) is 0 Å². The molecule has 3 amide bonds. The lowest BCUT2D eigenvalue weighted by Crippen LogP contribution is -2.51. The molecule has 1 aromatic rings. The average molecular weight is 278 g/mol. The summed E-state index contributed by atoms with van der Waals surface area (Å²) < 4.78 is 1.75. The number of amides is 3. The SMILES string of the molecule is CCCc1cc[n+](CC(=O)NC(=O)NC(C)(C)C)cc1. The van der Waals surface area contributed by atoms with Crippen molar-refractivity contribution in [2.24, 2.45) is 0 Å². The van der Waals surface area contributed by atoms with Gasteiger partial charge in [-0.3, -0.25) is 10.1 Å². The molecule has 0 aliphatic carbocycles. The number of aryl methyl sites for hydroxylation is 1. The van der Waals surface area contributed by atoms with Crippen LogP contribution in [0.3, 0.4) is 0 Å². The molecule has 5 heteroatoms. The molecule has 0 aliphatic rings. The summed E-state index contributed by atoms with van der Waals surface area (Å²) in [5, 5.41) is 5.00. The van der Waals surface area contributed by atoms with E-state index in [4.69, 9.17) is 0 Å². The lowest BCUT2D eigenvalue weighted by atomic mass is 10.1. The van der Waals surface area contributed by atoms with E-state index in [0.29, 0.717) is 0 Å². The number of nitrogens with zero attached hydrogens (tertiary/aromatic N) is 1. The van der Waals surface area contributed by atoms with Crippen molar-refractivity contribution in [2.45, 2.75) is 52.6 Å². The third-order valence-corrected chi connectivity index (χ3v) is 2.57. The molecule has 0 fully saturated rings. The summed E-state index contributed by atoms with van der Waals surface area (Å²) >= 11 is 0. The van der Waals surface area contributed by atoms with Crippen molar-refractivity contribution >= 4 is 11.9 Å². The number of carbonyl (C=O) groups excluding carboxylic acids is 2. The number of pyridine rings is 1. The first-order valence-corrected chi connectivity index (χ1v) is 6.90. The van der Waals surface area contributed by atoms with Gasteiger partial charge in [0.25, 0.3) is 5.91 Å². The molecule has 0 aromatic carbocycles. The minimum atomic E-state index is -0.467. The van der Waals surface area contributed by atoms with Gasteiger partial charge in [-0.15, -0.1) is 0 Å². The molecule has 0 saturated heterocycles. The number of carbonyl (C=O) groups is 2. The predicted molar refractivity (Wildman–Crippen MR) is 77.1 cm³/mol. The van der Waals surface area contributed by atoms with Gasteiger partial charge in [-0.1, -0.05) is 13.3 Å². The molecular formula is C15H24N3O2+. The van der Waals surface area contributed by atoms with Crippen molar-refractivity contribution in [1.82, 2.24) is 10.6 Å². The number of hydrogen-bond donors (Lipinski definition) is 2. The summed E-state index contributed by atoms with van der Waals surface area (Å²) in [7, 11) is 0. The van der Waals surface area contributed by atoms with Crippen LogP contribution in [0.1, 0.15) is 39.7 Å². The van der Waals surface area contributed by atoms with E-state index in [0.717, 1.165) is 12.8 Å². The van der Waals surface area contributed by atoms with Gasteiger partial charge >= 0.3 is 6.03 Å². The van der Waals surface area contributed by atoms with Crippen molar-refractivity contribution in [1.29, 1.82) is 0 Å². The molecule has 1 rings (SSSR count). The first-order valence-electron chi connectivity index (χ1n) is 6.90. The minimum absolute atomic E-state index is 0.129. The van der Waals surface area contributed by atoms with Gasteiger partial charge in [0.15, 0.2) is 12.4 Å². The van der Waals surface area contributed by atoms with Gasteiger partial charge in [0.1, 0.15) is 0 Å². The maximum atomic E-state index is 11.7. The van der Waals surface area contributed by atoms with E-state index in [2.05, 4.69) is 17.6 Å². The molecule has 2 N–H and O–H groups in total. The third kappa shape index (κ3) is 6.31. The smallest absolute Gasteiger partial charge is 0.322 e. The zero-order valence-electron chi connectivity index (χ0n) is 12.7. The van der Waals surface area contributed by atoms with Gasteiger partial charge in [0.2, 0.25) is 6.54 Å². The normalized spacial score (nSPS) is 11.0. The maximum absolute atomic E-state index is 11.7. The Kier molecular flexibility index (Phi) is 5.67. The number of nitrogens with one attached hydrogen (secondary N) is 2. The Morgan fingerprint density at radius 3 is 2.30 bits per heavy atom. The number of imide groups is 1. The number of hydrogen-bond acceptors (Lipinski definition) is 2. The second-order valence-corrected chi connectivity index (χ2v) is 5.88. The zero-order chi connectivity index (χ0) is 15.2. The van der Waals surface area contributed by atoms with E-state index < -0.39 is 6.03 Å². The minimum Gasteiger partial charge on any atom is -0.333 e. The Morgan fingerprint density at radius 1 is 1.20 bits per heavy atom. The Hall–Kier alpha value is -1.91. The van der Waals surface area contributed by atoms with Gasteiger partial charge in [0.05, 0.1) is 0 Å². The van der Waals surface area contributed by atoms with E-state index in [1.54, 1.807) is 4.57 Å². The zero-order valence-corrected chi connectivity index (χ0v) is 12.7. The molecule has 0 bridgehead atoms. The molecule has 0 unspecified atom stereocenters. The third-order valence-electron chi connectivity index (χ3n) is 2.57. The van der Waals surface area contributed by atoms with E-state index in [1.807, 2.05) is 45.3 Å². The van der Waals surface area contributed by atoms with Gasteiger partial charge in [0, 0.05) is 17.7 Å². The Balaban J connectivity index is 2.48. The first kappa shape index (κ1) is 16.1. The quantitative estimate of drug-likeness (QED) is 0.821. The maximum Gasteiger partial charge on any atom is 0.322 e. The number of aromatic nitrogens is 1. The highest BCUT2D eigenvalue weighted by Gasteiger charge is 2.17. The van der Waals surface area contributed by atoms with Gasteiger partial charge in [-0.2, -0.15) is 4.57 Å². The van der Waals surface area contributed by atoms with Crippen LogP contribution in [0.4, 0.5) is 4.79 Å². The standard InChI is InChI=1S/C15H23N3O2/c1-5-6-12-7-9-18(10-8-12)11-13(19)16-14(20)17-15(2,3)4/h7-10H,5-6,11H2,1-4H3,(H-,16,17,19,20)/p+1. The summed E-state index contributed by atoms with van der Waals surface area (Å²) in [6, 6.07) is 3.52. The van der Waals surface area contributed by atoms with Crippen LogP contribution < -0.4 is 15.2 Å². The highest BCUT2D eigenvalue weighted by Crippen LogP contribution is 1.99. The largest absolute Gasteiger partial charge is 0.333 e. The highest BCUT2D eigenvalue weighted by atomic mass is 16.2. The molecule has 0 spiro atoms. The van der Waals surface area contributed by atoms with Crippen LogP contribution in [0.5, 0.6) is 0 Å². The second-order valence-electron chi connectivity index (χ2n) is 5.88. The highest BCUT2D eigenvalue weighted by molar-refractivity contribution is 5.93. The van der Waals surface area contributed by atoms with Gasteiger partial charge in [-0.25, -0.2) is 4.79 Å². The number of urea groups is 1. The topological polar surface area (TPSA) is 62.1 Å². The molecule has 110 valence electrons. The lowest BCUT2D eigenvalue weighted by Gasteiger charge is -2.19. The van der Waals surface area contributed by atoms with Crippen LogP contribution in [0.25, 0.3) is 0 Å². The van der Waals surface area contributed by atoms with Crippen LogP contribution in [0.15, 0.2) is 24.5 Å². The summed E-state index contributed by atoms with van der Waals surface area (Å²) in [6.07, 6.45) is 5.83. The molecule has 0 saturated carbocycles. The van der Waals surface area contributed by atoms with Crippen LogP contribution in [-0.4, -0.2) is 17.5 Å². The molecule has 1 heterocycles. The fraction of sp³-hybridized carbons (Fsp3) is 0.533. The Morgan fingerprint density at radius 2 is 1.80 bits per heavy atom. The fourth-order valence-electron chi connectivity index (χ4n) is 1.75. The van der Waals surface area contributed by atoms with E-state index in [1.165, 1.54) is 5.56 Å². The average Bonchev–Trinajstić information content (AvgIpc) is 2.29. The Labute approximate surface area is 120 Å². The van der Waals surface area contributed by atoms with Crippen molar-refractivity contribution in [3.8, 4) is 0 Å². The molecule has 0 radical (unpaired) electrons. The Bertz CT molecular complexity index is 461. The second kappa shape index (κ2) is 7.03. The molecule has 0 atom stereocenters. The monoisotopic (exact) mass is 278 g/mol. The fourth-order valence-corrected chi connectivity index (χ4v) is 1.75. The summed E-state index contributed by atoms with van der Waals surface area (Å²) in [5.41, 5.74) is 0.883. The van der Waals surface area contributed by atoms with Crippen LogP contribution in [-0.2, 0) is 17.8 Å².